The Labute approximate surface area is 187 Å². The fourth-order valence-electron chi connectivity index (χ4n) is 4.28. The molecule has 10 nitrogen and oxygen atoms in total. The van der Waals surface area contributed by atoms with E-state index < -0.39 is 9.84 Å². The first-order valence-corrected chi connectivity index (χ1v) is 12.2. The first kappa shape index (κ1) is 19.7. The van der Waals surface area contributed by atoms with Gasteiger partial charge < -0.3 is 9.72 Å². The van der Waals surface area contributed by atoms with Crippen molar-refractivity contribution in [2.24, 2.45) is 0 Å². The van der Waals surface area contributed by atoms with Gasteiger partial charge in [-0.05, 0) is 24.3 Å². The third-order valence-corrected chi connectivity index (χ3v) is 6.96. The second-order valence-corrected chi connectivity index (χ2v) is 9.95. The third-order valence-electron chi connectivity index (χ3n) is 5.85. The average molecular weight is 462 g/mol. The van der Waals surface area contributed by atoms with Crippen molar-refractivity contribution >= 4 is 32.0 Å². The van der Waals surface area contributed by atoms with Crippen LogP contribution in [0.3, 0.4) is 0 Å². The molecule has 0 fully saturated rings. The van der Waals surface area contributed by atoms with Gasteiger partial charge in [-0.15, -0.1) is 0 Å². The SMILES string of the molecule is CS(=O)(=O)c1ccc2ncn(-c3ncc4[nH]c(=O)n(C5CCOc6ccccc65)c4n3)c2c1. The Kier molecular flexibility index (Phi) is 4.18. The van der Waals surface area contributed by atoms with E-state index in [0.717, 1.165) is 17.6 Å². The van der Waals surface area contributed by atoms with E-state index in [-0.39, 0.29) is 22.6 Å². The zero-order chi connectivity index (χ0) is 22.7. The number of nitrogens with one attached hydrogen (secondary N) is 1. The van der Waals surface area contributed by atoms with Crippen molar-refractivity contribution in [1.82, 2.24) is 29.1 Å². The molecule has 1 aliphatic heterocycles. The van der Waals surface area contributed by atoms with Crippen LogP contribution in [0.15, 0.2) is 64.7 Å². The molecule has 33 heavy (non-hydrogen) atoms. The Morgan fingerprint density at radius 3 is 2.85 bits per heavy atom. The first-order valence-electron chi connectivity index (χ1n) is 10.3. The molecule has 166 valence electrons. The molecule has 0 radical (unpaired) electrons. The standard InChI is InChI=1S/C22H18N6O4S/c1-33(30,31)13-6-7-15-18(10-13)27(12-24-15)21-23-11-16-20(26-21)28(22(29)25-16)17-8-9-32-19-5-3-2-4-14(17)19/h2-7,10-12,17H,8-9H2,1H3,(H,25,29). The maximum Gasteiger partial charge on any atom is 0.328 e. The van der Waals surface area contributed by atoms with E-state index in [1.54, 1.807) is 27.5 Å². The van der Waals surface area contributed by atoms with E-state index in [2.05, 4.69) is 19.9 Å². The van der Waals surface area contributed by atoms with Gasteiger partial charge in [-0.2, -0.15) is 4.98 Å². The van der Waals surface area contributed by atoms with E-state index in [4.69, 9.17) is 4.74 Å². The number of aromatic amines is 1. The Morgan fingerprint density at radius 1 is 1.15 bits per heavy atom. The van der Waals surface area contributed by atoms with Crippen LogP contribution in [0.4, 0.5) is 0 Å². The van der Waals surface area contributed by atoms with Crippen molar-refractivity contribution in [2.45, 2.75) is 17.4 Å². The predicted molar refractivity (Wildman–Crippen MR) is 121 cm³/mol. The summed E-state index contributed by atoms with van der Waals surface area (Å²) in [6.07, 6.45) is 4.86. The van der Waals surface area contributed by atoms with E-state index in [0.29, 0.717) is 35.2 Å². The Bertz CT molecular complexity index is 1720. The number of fused-ring (bicyclic) bond motifs is 3. The first-order chi connectivity index (χ1) is 15.9. The van der Waals surface area contributed by atoms with Crippen LogP contribution in [0.5, 0.6) is 5.75 Å². The molecular formula is C22H18N6O4S. The number of hydrogen-bond donors (Lipinski definition) is 1. The molecule has 6 rings (SSSR count). The van der Waals surface area contributed by atoms with Crippen LogP contribution in [-0.2, 0) is 9.84 Å². The molecule has 1 atom stereocenters. The maximum atomic E-state index is 12.9. The van der Waals surface area contributed by atoms with Crippen LogP contribution in [0.2, 0.25) is 0 Å². The fourth-order valence-corrected chi connectivity index (χ4v) is 4.92. The second-order valence-electron chi connectivity index (χ2n) is 7.94. The zero-order valence-corrected chi connectivity index (χ0v) is 18.3. The van der Waals surface area contributed by atoms with Gasteiger partial charge in [0.1, 0.15) is 17.6 Å². The topological polar surface area (TPSA) is 125 Å². The highest BCUT2D eigenvalue weighted by Crippen LogP contribution is 2.35. The maximum absolute atomic E-state index is 12.9. The lowest BCUT2D eigenvalue weighted by molar-refractivity contribution is 0.256. The van der Waals surface area contributed by atoms with Gasteiger partial charge in [0.25, 0.3) is 0 Å². The number of hydrogen-bond acceptors (Lipinski definition) is 7. The summed E-state index contributed by atoms with van der Waals surface area (Å²) in [7, 11) is -3.40. The van der Waals surface area contributed by atoms with Crippen LogP contribution in [0.1, 0.15) is 18.0 Å². The van der Waals surface area contributed by atoms with Crippen LogP contribution < -0.4 is 10.4 Å². The summed E-state index contributed by atoms with van der Waals surface area (Å²) < 4.78 is 33.1. The number of benzene rings is 2. The fraction of sp³-hybridized carbons (Fsp3) is 0.182. The second kappa shape index (κ2) is 7.01. The number of ether oxygens (including phenoxy) is 1. The van der Waals surface area contributed by atoms with Crippen LogP contribution in [0.25, 0.3) is 28.1 Å². The van der Waals surface area contributed by atoms with Crippen molar-refractivity contribution < 1.29 is 13.2 Å². The van der Waals surface area contributed by atoms with Gasteiger partial charge in [-0.3, -0.25) is 9.13 Å². The van der Waals surface area contributed by atoms with Gasteiger partial charge >= 0.3 is 5.69 Å². The Morgan fingerprint density at radius 2 is 2.00 bits per heavy atom. The quantitative estimate of drug-likeness (QED) is 0.436. The molecule has 0 spiro atoms. The van der Waals surface area contributed by atoms with Gasteiger partial charge in [0.15, 0.2) is 15.5 Å². The van der Waals surface area contributed by atoms with Gasteiger partial charge in [0.2, 0.25) is 5.95 Å². The minimum absolute atomic E-state index is 0.176. The Hall–Kier alpha value is -3.99. The monoisotopic (exact) mass is 462 g/mol. The summed E-state index contributed by atoms with van der Waals surface area (Å²) in [5.74, 6) is 1.03. The molecule has 1 aliphatic rings. The molecule has 0 aliphatic carbocycles. The molecule has 0 bridgehead atoms. The van der Waals surface area contributed by atoms with Crippen molar-refractivity contribution in [1.29, 1.82) is 0 Å². The molecule has 0 saturated heterocycles. The number of aromatic nitrogens is 6. The van der Waals surface area contributed by atoms with Crippen molar-refractivity contribution in [2.75, 3.05) is 12.9 Å². The molecule has 1 unspecified atom stereocenters. The molecule has 2 aromatic carbocycles. The highest BCUT2D eigenvalue weighted by atomic mass is 32.2. The van der Waals surface area contributed by atoms with Gasteiger partial charge in [-0.1, -0.05) is 18.2 Å². The molecule has 0 amide bonds. The summed E-state index contributed by atoms with van der Waals surface area (Å²) in [4.78, 5) is 29.3. The lowest BCUT2D eigenvalue weighted by Gasteiger charge is -2.26. The number of H-pyrrole nitrogens is 1. The van der Waals surface area contributed by atoms with Crippen LogP contribution >= 0.6 is 0 Å². The highest BCUT2D eigenvalue weighted by Gasteiger charge is 2.27. The van der Waals surface area contributed by atoms with E-state index in [9.17, 15) is 13.2 Å². The molecule has 0 saturated carbocycles. The number of imidazole rings is 2. The molecule has 3 aromatic heterocycles. The van der Waals surface area contributed by atoms with Gasteiger partial charge in [0, 0.05) is 18.2 Å². The molecule has 1 N–H and O–H groups in total. The van der Waals surface area contributed by atoms with Crippen molar-refractivity contribution in [3.63, 3.8) is 0 Å². The minimum Gasteiger partial charge on any atom is -0.493 e. The van der Waals surface area contributed by atoms with Crippen molar-refractivity contribution in [3.8, 4) is 11.7 Å². The van der Waals surface area contributed by atoms with E-state index in [1.807, 2.05) is 24.3 Å². The lowest BCUT2D eigenvalue weighted by Crippen LogP contribution is -2.28. The highest BCUT2D eigenvalue weighted by molar-refractivity contribution is 7.90. The summed E-state index contributed by atoms with van der Waals surface area (Å²) in [6.45, 7) is 0.485. The molecule has 11 heteroatoms. The van der Waals surface area contributed by atoms with Gasteiger partial charge in [0.05, 0.1) is 34.8 Å². The summed E-state index contributed by atoms with van der Waals surface area (Å²) in [6, 6.07) is 12.1. The summed E-state index contributed by atoms with van der Waals surface area (Å²) in [5.41, 5.74) is 2.75. The molecular weight excluding hydrogens is 444 g/mol. The minimum atomic E-state index is -3.40. The van der Waals surface area contributed by atoms with Gasteiger partial charge in [-0.25, -0.2) is 23.2 Å². The summed E-state index contributed by atoms with van der Waals surface area (Å²) >= 11 is 0. The van der Waals surface area contributed by atoms with Crippen LogP contribution in [-0.4, -0.2) is 50.4 Å². The Balaban J connectivity index is 1.55. The predicted octanol–water partition coefficient (Wildman–Crippen LogP) is 2.23. The van der Waals surface area contributed by atoms with Crippen molar-refractivity contribution in [3.05, 3.63) is 71.0 Å². The number of nitrogens with zero attached hydrogens (tertiary/aromatic N) is 5. The van der Waals surface area contributed by atoms with E-state index >= 15 is 0 Å². The number of rotatable bonds is 3. The zero-order valence-electron chi connectivity index (χ0n) is 17.5. The van der Waals surface area contributed by atoms with E-state index in [1.165, 1.54) is 12.4 Å². The normalized spacial score (nSPS) is 16.1. The molecule has 5 aromatic rings. The largest absolute Gasteiger partial charge is 0.493 e. The number of sulfone groups is 1. The molecule has 4 heterocycles. The number of para-hydroxylation sites is 1. The average Bonchev–Trinajstić information content (AvgIpc) is 3.37. The lowest BCUT2D eigenvalue weighted by atomic mass is 10.0. The third kappa shape index (κ3) is 3.11. The summed E-state index contributed by atoms with van der Waals surface area (Å²) in [5, 5.41) is 0. The smallest absolute Gasteiger partial charge is 0.328 e. The van der Waals surface area contributed by atoms with Crippen LogP contribution in [0, 0.1) is 0 Å².